The maximum Gasteiger partial charge on any atom is 0.296 e. The van der Waals surface area contributed by atoms with Crippen molar-refractivity contribution in [2.75, 3.05) is 4.72 Å². The fourth-order valence-electron chi connectivity index (χ4n) is 1.38. The Morgan fingerprint density at radius 2 is 2.13 bits per heavy atom. The van der Waals surface area contributed by atoms with Gasteiger partial charge in [0.15, 0.2) is 0 Å². The van der Waals surface area contributed by atoms with Gasteiger partial charge >= 0.3 is 0 Å². The van der Waals surface area contributed by atoms with E-state index in [9.17, 15) is 8.42 Å². The first-order chi connectivity index (χ1) is 6.96. The van der Waals surface area contributed by atoms with Crippen LogP contribution in [0, 0.1) is 6.92 Å². The third kappa shape index (κ3) is 2.28. The minimum atomic E-state index is -3.69. The van der Waals surface area contributed by atoms with Crippen LogP contribution in [0.4, 0.5) is 5.69 Å². The molecule has 15 heavy (non-hydrogen) atoms. The highest BCUT2D eigenvalue weighted by atomic mass is 32.2. The highest BCUT2D eigenvalue weighted by Crippen LogP contribution is 2.28. The van der Waals surface area contributed by atoms with Crippen molar-refractivity contribution in [2.24, 2.45) is 5.14 Å². The maximum atomic E-state index is 10.8. The van der Waals surface area contributed by atoms with E-state index in [4.69, 9.17) is 5.14 Å². The van der Waals surface area contributed by atoms with Gasteiger partial charge in [0.25, 0.3) is 10.2 Å². The molecule has 2 rings (SSSR count). The summed E-state index contributed by atoms with van der Waals surface area (Å²) in [5, 5.41) is 7.97. The lowest BCUT2D eigenvalue weighted by Crippen LogP contribution is -2.21. The summed E-state index contributed by atoms with van der Waals surface area (Å²) < 4.78 is 25.0. The summed E-state index contributed by atoms with van der Waals surface area (Å²) in [6.45, 7) is 1.99. The van der Waals surface area contributed by atoms with Crippen LogP contribution < -0.4 is 9.86 Å². The lowest BCUT2D eigenvalue weighted by Gasteiger charge is -2.03. The van der Waals surface area contributed by atoms with Crippen LogP contribution in [0.1, 0.15) is 5.56 Å². The first-order valence-corrected chi connectivity index (χ1v) is 6.67. The first-order valence-electron chi connectivity index (χ1n) is 4.24. The van der Waals surface area contributed by atoms with E-state index < -0.39 is 10.2 Å². The zero-order valence-corrected chi connectivity index (χ0v) is 9.65. The number of nitrogens with one attached hydrogen (secondary N) is 1. The van der Waals surface area contributed by atoms with Gasteiger partial charge in [-0.15, -0.1) is 11.3 Å². The summed E-state index contributed by atoms with van der Waals surface area (Å²) in [7, 11) is -3.69. The predicted octanol–water partition coefficient (Wildman–Crippen LogP) is 1.83. The zero-order chi connectivity index (χ0) is 11.1. The summed E-state index contributed by atoms with van der Waals surface area (Å²) in [6.07, 6.45) is 0. The Hall–Kier alpha value is -1.11. The van der Waals surface area contributed by atoms with E-state index in [1.807, 2.05) is 18.4 Å². The normalized spacial score (nSPS) is 11.9. The van der Waals surface area contributed by atoms with Crippen molar-refractivity contribution >= 4 is 37.3 Å². The molecule has 1 heterocycles. The number of hydrogen-bond acceptors (Lipinski definition) is 3. The molecule has 0 aliphatic heterocycles. The number of nitrogens with two attached hydrogens (primary N) is 1. The molecule has 0 aliphatic rings. The summed E-state index contributed by atoms with van der Waals surface area (Å²) in [6, 6.07) is 5.36. The molecule has 4 nitrogen and oxygen atoms in total. The van der Waals surface area contributed by atoms with E-state index in [0.717, 1.165) is 15.6 Å². The molecule has 0 fully saturated rings. The lowest BCUT2D eigenvalue weighted by molar-refractivity contribution is 0.603. The molecule has 0 spiro atoms. The number of benzene rings is 1. The van der Waals surface area contributed by atoms with Crippen LogP contribution in [0.5, 0.6) is 0 Å². The van der Waals surface area contributed by atoms with Crippen LogP contribution in [-0.2, 0) is 10.2 Å². The van der Waals surface area contributed by atoms with Crippen molar-refractivity contribution < 1.29 is 8.42 Å². The second kappa shape index (κ2) is 3.48. The second-order valence-electron chi connectivity index (χ2n) is 3.28. The molecule has 6 heteroatoms. The minimum absolute atomic E-state index is 0.492. The standard InChI is InChI=1S/C9H10N2O2S2/c1-6-5-14-9-3-2-7(4-8(6)9)11-15(10,12)13/h2-5,11H,1H3,(H2,10,12,13). The third-order valence-electron chi connectivity index (χ3n) is 2.03. The molecular weight excluding hydrogens is 232 g/mol. The smallest absolute Gasteiger partial charge is 0.271 e. The number of thiophene rings is 1. The first kappa shape index (κ1) is 10.4. The summed E-state index contributed by atoms with van der Waals surface area (Å²) in [5.41, 5.74) is 1.62. The van der Waals surface area contributed by atoms with E-state index in [0.29, 0.717) is 5.69 Å². The predicted molar refractivity (Wildman–Crippen MR) is 63.3 cm³/mol. The minimum Gasteiger partial charge on any atom is -0.271 e. The molecule has 0 atom stereocenters. The molecule has 0 unspecified atom stereocenters. The van der Waals surface area contributed by atoms with Gasteiger partial charge in [0.2, 0.25) is 0 Å². The van der Waals surface area contributed by atoms with E-state index in [1.165, 1.54) is 0 Å². The monoisotopic (exact) mass is 242 g/mol. The van der Waals surface area contributed by atoms with Gasteiger partial charge in [0, 0.05) is 4.70 Å². The Bertz CT molecular complexity index is 602. The van der Waals surface area contributed by atoms with Crippen molar-refractivity contribution in [3.8, 4) is 0 Å². The molecule has 1 aromatic heterocycles. The van der Waals surface area contributed by atoms with Crippen LogP contribution in [0.2, 0.25) is 0 Å². The number of hydrogen-bond donors (Lipinski definition) is 2. The van der Waals surface area contributed by atoms with Gasteiger partial charge in [0.05, 0.1) is 5.69 Å². The largest absolute Gasteiger partial charge is 0.296 e. The summed E-state index contributed by atoms with van der Waals surface area (Å²) in [4.78, 5) is 0. The lowest BCUT2D eigenvalue weighted by atomic mass is 10.2. The number of rotatable bonds is 2. The average Bonchev–Trinajstić information content (AvgIpc) is 2.45. The number of aryl methyl sites for hydroxylation is 1. The Morgan fingerprint density at radius 3 is 2.80 bits per heavy atom. The fraction of sp³-hybridized carbons (Fsp3) is 0.111. The number of anilines is 1. The van der Waals surface area contributed by atoms with Crippen LogP contribution in [0.25, 0.3) is 10.1 Å². The van der Waals surface area contributed by atoms with Gasteiger partial charge in [0.1, 0.15) is 0 Å². The van der Waals surface area contributed by atoms with Gasteiger partial charge in [-0.05, 0) is 41.5 Å². The van der Waals surface area contributed by atoms with Gasteiger partial charge in [-0.1, -0.05) is 0 Å². The van der Waals surface area contributed by atoms with Crippen LogP contribution >= 0.6 is 11.3 Å². The van der Waals surface area contributed by atoms with Crippen LogP contribution in [0.15, 0.2) is 23.6 Å². The summed E-state index contributed by atoms with van der Waals surface area (Å²) in [5.74, 6) is 0. The van der Waals surface area contributed by atoms with Gasteiger partial charge in [-0.3, -0.25) is 4.72 Å². The average molecular weight is 242 g/mol. The third-order valence-corrected chi connectivity index (χ3v) is 3.63. The van der Waals surface area contributed by atoms with E-state index in [2.05, 4.69) is 4.72 Å². The van der Waals surface area contributed by atoms with Crippen molar-refractivity contribution in [1.29, 1.82) is 0 Å². The molecule has 0 bridgehead atoms. The molecule has 1 aromatic carbocycles. The van der Waals surface area contributed by atoms with Gasteiger partial charge < -0.3 is 0 Å². The second-order valence-corrected chi connectivity index (χ2v) is 5.48. The highest BCUT2D eigenvalue weighted by Gasteiger charge is 2.05. The highest BCUT2D eigenvalue weighted by molar-refractivity contribution is 7.90. The van der Waals surface area contributed by atoms with Crippen molar-refractivity contribution in [3.63, 3.8) is 0 Å². The molecule has 0 aliphatic carbocycles. The van der Waals surface area contributed by atoms with Gasteiger partial charge in [-0.25, -0.2) is 5.14 Å². The van der Waals surface area contributed by atoms with Crippen molar-refractivity contribution in [3.05, 3.63) is 29.1 Å². The van der Waals surface area contributed by atoms with Crippen LogP contribution in [0.3, 0.4) is 0 Å². The van der Waals surface area contributed by atoms with Gasteiger partial charge in [-0.2, -0.15) is 8.42 Å². The molecule has 0 radical (unpaired) electrons. The van der Waals surface area contributed by atoms with Crippen molar-refractivity contribution in [2.45, 2.75) is 6.92 Å². The molecule has 0 amide bonds. The topological polar surface area (TPSA) is 72.2 Å². The fourth-order valence-corrected chi connectivity index (χ4v) is 2.76. The van der Waals surface area contributed by atoms with E-state index >= 15 is 0 Å². The summed E-state index contributed by atoms with van der Waals surface area (Å²) >= 11 is 1.63. The molecule has 80 valence electrons. The molecule has 0 saturated heterocycles. The van der Waals surface area contributed by atoms with E-state index in [-0.39, 0.29) is 0 Å². The Balaban J connectivity index is 2.51. The van der Waals surface area contributed by atoms with E-state index in [1.54, 1.807) is 23.5 Å². The Labute approximate surface area is 91.9 Å². The molecule has 0 saturated carbocycles. The van der Waals surface area contributed by atoms with Crippen molar-refractivity contribution in [1.82, 2.24) is 0 Å². The van der Waals surface area contributed by atoms with Crippen LogP contribution in [-0.4, -0.2) is 8.42 Å². The maximum absolute atomic E-state index is 10.8. The molecule has 3 N–H and O–H groups in total. The quantitative estimate of drug-likeness (QED) is 0.843. The Morgan fingerprint density at radius 1 is 1.40 bits per heavy atom. The molecule has 2 aromatic rings. The zero-order valence-electron chi connectivity index (χ0n) is 8.02. The Kier molecular flexibility index (Phi) is 2.41. The number of fused-ring (bicyclic) bond motifs is 1. The molecular formula is C9H10N2O2S2. The SMILES string of the molecule is Cc1csc2ccc(NS(N)(=O)=O)cc12.